The van der Waals surface area contributed by atoms with E-state index in [0.29, 0.717) is 6.10 Å². The number of hydrogen-bond donors (Lipinski definition) is 2. The van der Waals surface area contributed by atoms with E-state index >= 15 is 0 Å². The number of aliphatic hydroxyl groups is 2. The van der Waals surface area contributed by atoms with Gasteiger partial charge in [0.15, 0.2) is 0 Å². The fraction of sp³-hybridized carbons (Fsp3) is 1.00. The average Bonchev–Trinajstić information content (AvgIpc) is 2.28. The lowest BCUT2D eigenvalue weighted by molar-refractivity contribution is 0.0397. The predicted molar refractivity (Wildman–Crippen MR) is 83.6 cm³/mol. The highest BCUT2D eigenvalue weighted by atomic mass is 16.5. The van der Waals surface area contributed by atoms with Crippen LogP contribution in [0.4, 0.5) is 0 Å². The largest absolute Gasteiger partial charge is 0.400 e. The Hall–Kier alpha value is -0.160. The van der Waals surface area contributed by atoms with Crippen LogP contribution in [0.5, 0.6) is 0 Å². The third-order valence-electron chi connectivity index (χ3n) is 1.59. The van der Waals surface area contributed by atoms with Crippen molar-refractivity contribution in [2.24, 2.45) is 0 Å². The summed E-state index contributed by atoms with van der Waals surface area (Å²) in [6, 6.07) is 0. The molecule has 4 heteroatoms. The molecule has 122 valence electrons. The molecule has 0 radical (unpaired) electrons. The Morgan fingerprint density at radius 2 is 1.16 bits per heavy atom. The second kappa shape index (κ2) is 15.9. The summed E-state index contributed by atoms with van der Waals surface area (Å²) in [5.41, 5.74) is -0.458. The van der Waals surface area contributed by atoms with Crippen molar-refractivity contribution in [1.82, 2.24) is 0 Å². The van der Waals surface area contributed by atoms with E-state index in [2.05, 4.69) is 13.8 Å². The van der Waals surface area contributed by atoms with Gasteiger partial charge in [-0.1, -0.05) is 6.92 Å². The Labute approximate surface area is 121 Å². The van der Waals surface area contributed by atoms with E-state index in [4.69, 9.17) is 19.7 Å². The molecule has 0 aromatic heterocycles. The first-order valence-corrected chi connectivity index (χ1v) is 6.62. The molecule has 0 spiro atoms. The highest BCUT2D eigenvalue weighted by molar-refractivity contribution is 4.55. The second-order valence-electron chi connectivity index (χ2n) is 5.94. The van der Waals surface area contributed by atoms with Crippen LogP contribution in [0.25, 0.3) is 0 Å². The second-order valence-corrected chi connectivity index (χ2v) is 5.94. The summed E-state index contributed by atoms with van der Waals surface area (Å²) >= 11 is 0. The maximum Gasteiger partial charge on any atom is 0.0594 e. The lowest BCUT2D eigenvalue weighted by atomic mass is 10.2. The van der Waals surface area contributed by atoms with Gasteiger partial charge in [-0.05, 0) is 54.9 Å². The fourth-order valence-corrected chi connectivity index (χ4v) is 0.167. The van der Waals surface area contributed by atoms with E-state index in [1.54, 1.807) is 35.0 Å². The van der Waals surface area contributed by atoms with Gasteiger partial charge in [-0.25, -0.2) is 0 Å². The molecule has 0 saturated heterocycles. The number of rotatable bonds is 2. The highest BCUT2D eigenvalue weighted by Gasteiger charge is 2.04. The van der Waals surface area contributed by atoms with E-state index in [0.717, 1.165) is 13.5 Å². The van der Waals surface area contributed by atoms with Gasteiger partial charge in [0.05, 0.1) is 17.3 Å². The first kappa shape index (κ1) is 27.2. The lowest BCUT2D eigenvalue weighted by Crippen LogP contribution is -2.15. The molecule has 0 aromatic rings. The minimum atomic E-state index is -0.500. The molecule has 4 nitrogen and oxygen atoms in total. The van der Waals surface area contributed by atoms with Crippen molar-refractivity contribution in [3.8, 4) is 0 Å². The van der Waals surface area contributed by atoms with Crippen LogP contribution in [0.2, 0.25) is 0 Å². The number of aliphatic hydroxyl groups excluding tert-OH is 1. The lowest BCUT2D eigenvalue weighted by Gasteiger charge is -2.14. The van der Waals surface area contributed by atoms with Crippen molar-refractivity contribution in [1.29, 1.82) is 0 Å². The van der Waals surface area contributed by atoms with Crippen molar-refractivity contribution in [2.75, 3.05) is 21.3 Å². The maximum atomic E-state index is 8.52. The van der Waals surface area contributed by atoms with Crippen LogP contribution in [0, 0.1) is 0 Å². The average molecular weight is 282 g/mol. The normalized spacial score (nSPS) is 11.8. The molecular weight excluding hydrogens is 244 g/mol. The monoisotopic (exact) mass is 282 g/mol. The van der Waals surface area contributed by atoms with Crippen LogP contribution in [-0.4, -0.2) is 48.8 Å². The summed E-state index contributed by atoms with van der Waals surface area (Å²) in [5, 5.41) is 15.5. The summed E-state index contributed by atoms with van der Waals surface area (Å²) in [4.78, 5) is 0. The molecule has 1 atom stereocenters. The first-order chi connectivity index (χ1) is 8.37. The molecule has 0 rings (SSSR count). The van der Waals surface area contributed by atoms with Crippen LogP contribution < -0.4 is 0 Å². The molecule has 2 N–H and O–H groups in total. The standard InChI is InChI=1S/2C5H12O.C4H10O.CH4O/c1-5(2,3)6-4;1-4-5(2)6-3;1-4(2,3)5;1-2/h1-4H3;5H,4H2,1-3H3;5H,1-3H3;2H,1H3. The first-order valence-electron chi connectivity index (χ1n) is 6.62. The van der Waals surface area contributed by atoms with E-state index in [1.807, 2.05) is 20.8 Å². The Kier molecular flexibility index (Phi) is 22.8. The number of ether oxygens (including phenoxy) is 2. The molecule has 0 aliphatic carbocycles. The molecule has 0 fully saturated rings. The Bertz CT molecular complexity index is 135. The smallest absolute Gasteiger partial charge is 0.0594 e. The molecular formula is C15H38O4. The maximum absolute atomic E-state index is 8.52. The van der Waals surface area contributed by atoms with Gasteiger partial charge in [0.1, 0.15) is 0 Å². The van der Waals surface area contributed by atoms with Crippen LogP contribution in [0.3, 0.4) is 0 Å². The summed E-state index contributed by atoms with van der Waals surface area (Å²) < 4.78 is 9.84. The quantitative estimate of drug-likeness (QED) is 0.816. The minimum Gasteiger partial charge on any atom is -0.400 e. The molecule has 0 aromatic carbocycles. The zero-order chi connectivity index (χ0) is 16.7. The van der Waals surface area contributed by atoms with Gasteiger partial charge in [-0.2, -0.15) is 0 Å². The van der Waals surface area contributed by atoms with E-state index in [1.165, 1.54) is 0 Å². The summed E-state index contributed by atoms with van der Waals surface area (Å²) in [5.74, 6) is 0. The van der Waals surface area contributed by atoms with Crippen LogP contribution >= 0.6 is 0 Å². The fourth-order valence-electron chi connectivity index (χ4n) is 0.167. The van der Waals surface area contributed by atoms with Gasteiger partial charge < -0.3 is 19.7 Å². The van der Waals surface area contributed by atoms with Gasteiger partial charge >= 0.3 is 0 Å². The molecule has 19 heavy (non-hydrogen) atoms. The van der Waals surface area contributed by atoms with Gasteiger partial charge in [-0.3, -0.25) is 0 Å². The van der Waals surface area contributed by atoms with Crippen LogP contribution in [0.15, 0.2) is 0 Å². The Balaban J connectivity index is -0.0000000835. The van der Waals surface area contributed by atoms with Gasteiger partial charge in [0.2, 0.25) is 0 Å². The highest BCUT2D eigenvalue weighted by Crippen LogP contribution is 2.02. The zero-order valence-electron chi connectivity index (χ0n) is 15.0. The van der Waals surface area contributed by atoms with E-state index in [-0.39, 0.29) is 5.60 Å². The Morgan fingerprint density at radius 3 is 1.16 bits per heavy atom. The molecule has 0 aliphatic rings. The molecule has 1 unspecified atom stereocenters. The summed E-state index contributed by atoms with van der Waals surface area (Å²) in [6.07, 6.45) is 1.54. The van der Waals surface area contributed by atoms with Crippen molar-refractivity contribution in [2.45, 2.75) is 79.1 Å². The molecule has 0 saturated carbocycles. The minimum absolute atomic E-state index is 0.0417. The third kappa shape index (κ3) is 95.7. The number of hydrogen-bond acceptors (Lipinski definition) is 4. The number of methoxy groups -OCH3 is 2. The molecule has 0 heterocycles. The summed E-state index contributed by atoms with van der Waals surface area (Å²) in [6.45, 7) is 15.5. The molecule has 0 aliphatic heterocycles. The summed E-state index contributed by atoms with van der Waals surface area (Å²) in [7, 11) is 4.44. The van der Waals surface area contributed by atoms with E-state index < -0.39 is 5.60 Å². The van der Waals surface area contributed by atoms with Crippen LogP contribution in [-0.2, 0) is 9.47 Å². The predicted octanol–water partition coefficient (Wildman–Crippen LogP) is 3.25. The van der Waals surface area contributed by atoms with Crippen LogP contribution in [0.1, 0.15) is 61.8 Å². The van der Waals surface area contributed by atoms with Gasteiger partial charge in [0, 0.05) is 21.3 Å². The topological polar surface area (TPSA) is 58.9 Å². The van der Waals surface area contributed by atoms with Crippen molar-refractivity contribution in [3.63, 3.8) is 0 Å². The molecule has 0 bridgehead atoms. The van der Waals surface area contributed by atoms with Crippen molar-refractivity contribution < 1.29 is 19.7 Å². The van der Waals surface area contributed by atoms with Crippen molar-refractivity contribution >= 4 is 0 Å². The van der Waals surface area contributed by atoms with Gasteiger partial charge in [0.25, 0.3) is 0 Å². The SMILES string of the molecule is CC(C)(C)O.CCC(C)OC.CO.COC(C)(C)C. The van der Waals surface area contributed by atoms with Crippen molar-refractivity contribution in [3.05, 3.63) is 0 Å². The zero-order valence-corrected chi connectivity index (χ0v) is 15.0. The Morgan fingerprint density at radius 1 is 0.947 bits per heavy atom. The third-order valence-corrected chi connectivity index (χ3v) is 1.59. The van der Waals surface area contributed by atoms with E-state index in [9.17, 15) is 0 Å². The van der Waals surface area contributed by atoms with Gasteiger partial charge in [-0.15, -0.1) is 0 Å². The molecule has 0 amide bonds.